The molecular weight excluding hydrogens is 232 g/mol. The minimum Gasteiger partial charge on any atom is -0.477 e. The molecule has 0 spiro atoms. The Balaban J connectivity index is 1.84. The summed E-state index contributed by atoms with van der Waals surface area (Å²) in [7, 11) is 0. The number of aliphatic carboxylic acids is 1. The van der Waals surface area contributed by atoms with Gasteiger partial charge in [-0.25, -0.2) is 4.79 Å². The summed E-state index contributed by atoms with van der Waals surface area (Å²) in [5.41, 5.74) is 4.70. The van der Waals surface area contributed by atoms with Crippen LogP contribution in [0.3, 0.4) is 0 Å². The van der Waals surface area contributed by atoms with Crippen LogP contribution in [0.5, 0.6) is 0 Å². The smallest absolute Gasteiger partial charge is 0.354 e. The van der Waals surface area contributed by atoms with Gasteiger partial charge < -0.3 is 10.1 Å². The van der Waals surface area contributed by atoms with Crippen molar-refractivity contribution in [2.24, 2.45) is 0 Å². The van der Waals surface area contributed by atoms with E-state index in [2.05, 4.69) is 10.5 Å². The summed E-state index contributed by atoms with van der Waals surface area (Å²) >= 11 is 0. The third-order valence-corrected chi connectivity index (χ3v) is 3.00. The number of benzene rings is 1. The van der Waals surface area contributed by atoms with Crippen LogP contribution in [0.1, 0.15) is 5.56 Å². The summed E-state index contributed by atoms with van der Waals surface area (Å²) in [6, 6.07) is 7.99. The van der Waals surface area contributed by atoms with Gasteiger partial charge in [0.1, 0.15) is 11.8 Å². The molecule has 1 aliphatic rings. The molecule has 1 aromatic carbocycles. The average molecular weight is 244 g/mol. The Hall–Kier alpha value is -2.27. The molecule has 0 bridgehead atoms. The first kappa shape index (κ1) is 10.9. The maximum absolute atomic E-state index is 10.7. The van der Waals surface area contributed by atoms with Gasteiger partial charge >= 0.3 is 5.97 Å². The molecular formula is C13H12N2O3. The SMILES string of the molecule is O=C(O)C1=C[C@@H](Cc2c[nH]c3ccccc23)ON1. The Morgan fingerprint density at radius 3 is 3.00 bits per heavy atom. The largest absolute Gasteiger partial charge is 0.477 e. The van der Waals surface area contributed by atoms with Crippen molar-refractivity contribution in [2.45, 2.75) is 12.5 Å². The van der Waals surface area contributed by atoms with Gasteiger partial charge in [-0.1, -0.05) is 18.2 Å². The zero-order valence-electron chi connectivity index (χ0n) is 9.51. The first-order valence-electron chi connectivity index (χ1n) is 5.66. The number of H-pyrrole nitrogens is 1. The van der Waals surface area contributed by atoms with Crippen LogP contribution in [0.4, 0.5) is 0 Å². The van der Waals surface area contributed by atoms with Crippen molar-refractivity contribution in [1.82, 2.24) is 10.5 Å². The van der Waals surface area contributed by atoms with Crippen molar-refractivity contribution < 1.29 is 14.7 Å². The molecule has 0 radical (unpaired) electrons. The van der Waals surface area contributed by atoms with E-state index in [9.17, 15) is 4.79 Å². The van der Waals surface area contributed by atoms with Crippen LogP contribution in [0, 0.1) is 0 Å². The number of nitrogens with one attached hydrogen (secondary N) is 2. The van der Waals surface area contributed by atoms with E-state index in [1.165, 1.54) is 0 Å². The number of carboxylic acids is 1. The molecule has 0 amide bonds. The van der Waals surface area contributed by atoms with Crippen LogP contribution in [-0.2, 0) is 16.1 Å². The van der Waals surface area contributed by atoms with Crippen molar-refractivity contribution in [1.29, 1.82) is 0 Å². The van der Waals surface area contributed by atoms with Gasteiger partial charge in [-0.15, -0.1) is 0 Å². The van der Waals surface area contributed by atoms with Crippen molar-refractivity contribution in [3.63, 3.8) is 0 Å². The minimum atomic E-state index is -1.00. The lowest BCUT2D eigenvalue weighted by Crippen LogP contribution is -2.17. The molecule has 18 heavy (non-hydrogen) atoms. The monoisotopic (exact) mass is 244 g/mol. The average Bonchev–Trinajstić information content (AvgIpc) is 2.98. The number of hydrogen-bond donors (Lipinski definition) is 3. The van der Waals surface area contributed by atoms with Crippen LogP contribution in [0.2, 0.25) is 0 Å². The van der Waals surface area contributed by atoms with E-state index in [1.807, 2.05) is 30.5 Å². The summed E-state index contributed by atoms with van der Waals surface area (Å²) < 4.78 is 0. The highest BCUT2D eigenvalue weighted by molar-refractivity contribution is 5.86. The summed E-state index contributed by atoms with van der Waals surface area (Å²) in [6.07, 6.45) is 3.90. The van der Waals surface area contributed by atoms with E-state index in [0.29, 0.717) is 6.42 Å². The van der Waals surface area contributed by atoms with E-state index in [4.69, 9.17) is 9.94 Å². The Kier molecular flexibility index (Phi) is 2.53. The van der Waals surface area contributed by atoms with Crippen molar-refractivity contribution in [2.75, 3.05) is 0 Å². The van der Waals surface area contributed by atoms with Gasteiger partial charge in [0.05, 0.1) is 0 Å². The zero-order chi connectivity index (χ0) is 12.5. The Bertz CT molecular complexity index is 630. The number of aromatic nitrogens is 1. The minimum absolute atomic E-state index is 0.0971. The van der Waals surface area contributed by atoms with Crippen molar-refractivity contribution >= 4 is 16.9 Å². The maximum Gasteiger partial charge on any atom is 0.354 e. The molecule has 0 fully saturated rings. The Morgan fingerprint density at radius 2 is 2.22 bits per heavy atom. The second-order valence-corrected chi connectivity index (χ2v) is 4.21. The fraction of sp³-hybridized carbons (Fsp3) is 0.154. The second kappa shape index (κ2) is 4.19. The van der Waals surface area contributed by atoms with Gasteiger partial charge in [0.2, 0.25) is 0 Å². The van der Waals surface area contributed by atoms with Gasteiger partial charge in [-0.2, -0.15) is 0 Å². The molecule has 1 aliphatic heterocycles. The Labute approximate surface area is 103 Å². The zero-order valence-corrected chi connectivity index (χ0v) is 9.51. The van der Waals surface area contributed by atoms with Gasteiger partial charge in [0.25, 0.3) is 0 Å². The maximum atomic E-state index is 10.7. The summed E-state index contributed by atoms with van der Waals surface area (Å²) in [4.78, 5) is 19.1. The molecule has 2 heterocycles. The summed E-state index contributed by atoms with van der Waals surface area (Å²) in [5, 5.41) is 9.95. The number of hydroxylamine groups is 1. The molecule has 5 nitrogen and oxygen atoms in total. The standard InChI is InChI=1S/C13H12N2O3/c16-13(17)12-6-9(18-15-12)5-8-7-14-11-4-2-1-3-10(8)11/h1-4,6-7,9,14-15H,5H2,(H,16,17)/t9-/m1/s1. The molecule has 5 heteroatoms. The van der Waals surface area contributed by atoms with Crippen LogP contribution in [0.15, 0.2) is 42.2 Å². The molecule has 92 valence electrons. The normalized spacial score (nSPS) is 18.7. The molecule has 0 aliphatic carbocycles. The molecule has 0 unspecified atom stereocenters. The second-order valence-electron chi connectivity index (χ2n) is 4.21. The van der Waals surface area contributed by atoms with Gasteiger partial charge in [-0.05, 0) is 17.7 Å². The number of hydrogen-bond acceptors (Lipinski definition) is 3. The highest BCUT2D eigenvalue weighted by Gasteiger charge is 2.21. The fourth-order valence-corrected chi connectivity index (χ4v) is 2.13. The highest BCUT2D eigenvalue weighted by Crippen LogP contribution is 2.21. The predicted molar refractivity (Wildman–Crippen MR) is 65.7 cm³/mol. The third kappa shape index (κ3) is 1.84. The van der Waals surface area contributed by atoms with Crippen LogP contribution in [0.25, 0.3) is 10.9 Å². The number of carbonyl (C=O) groups is 1. The predicted octanol–water partition coefficient (Wildman–Crippen LogP) is 1.58. The first-order valence-corrected chi connectivity index (χ1v) is 5.66. The highest BCUT2D eigenvalue weighted by atomic mass is 16.7. The van der Waals surface area contributed by atoms with Crippen LogP contribution >= 0.6 is 0 Å². The number of rotatable bonds is 3. The molecule has 0 saturated heterocycles. The molecule has 2 aromatic rings. The number of aromatic amines is 1. The van der Waals surface area contributed by atoms with Crippen LogP contribution < -0.4 is 5.48 Å². The van der Waals surface area contributed by atoms with Gasteiger partial charge in [-0.3, -0.25) is 10.3 Å². The molecule has 0 saturated carbocycles. The van der Waals surface area contributed by atoms with E-state index in [1.54, 1.807) is 6.08 Å². The number of fused-ring (bicyclic) bond motifs is 1. The number of para-hydroxylation sites is 1. The molecule has 3 rings (SSSR count). The Morgan fingerprint density at radius 1 is 1.39 bits per heavy atom. The van der Waals surface area contributed by atoms with Crippen molar-refractivity contribution in [3.05, 3.63) is 47.8 Å². The lowest BCUT2D eigenvalue weighted by molar-refractivity contribution is -0.134. The quantitative estimate of drug-likeness (QED) is 0.766. The molecule has 1 aromatic heterocycles. The topological polar surface area (TPSA) is 74.3 Å². The molecule has 1 atom stereocenters. The number of carboxylic acid groups (broad SMARTS) is 1. The fourth-order valence-electron chi connectivity index (χ4n) is 2.13. The van der Waals surface area contributed by atoms with Gasteiger partial charge in [0.15, 0.2) is 0 Å². The molecule has 3 N–H and O–H groups in total. The lowest BCUT2D eigenvalue weighted by Gasteiger charge is -2.05. The first-order chi connectivity index (χ1) is 8.74. The van der Waals surface area contributed by atoms with E-state index >= 15 is 0 Å². The van der Waals surface area contributed by atoms with Gasteiger partial charge in [0, 0.05) is 23.5 Å². The lowest BCUT2D eigenvalue weighted by atomic mass is 10.1. The summed E-state index contributed by atoms with van der Waals surface area (Å²) in [6.45, 7) is 0. The van der Waals surface area contributed by atoms with Crippen molar-refractivity contribution in [3.8, 4) is 0 Å². The van der Waals surface area contributed by atoms with E-state index in [-0.39, 0.29) is 11.8 Å². The third-order valence-electron chi connectivity index (χ3n) is 3.00. The van der Waals surface area contributed by atoms with E-state index in [0.717, 1.165) is 16.5 Å². The van der Waals surface area contributed by atoms with Crippen LogP contribution in [-0.4, -0.2) is 22.2 Å². The summed E-state index contributed by atoms with van der Waals surface area (Å²) in [5.74, 6) is -1.00. The van der Waals surface area contributed by atoms with E-state index < -0.39 is 5.97 Å².